The summed E-state index contributed by atoms with van der Waals surface area (Å²) >= 11 is 6.39. The van der Waals surface area contributed by atoms with Crippen molar-refractivity contribution in [2.24, 2.45) is 0 Å². The average molecular weight is 362 g/mol. The lowest BCUT2D eigenvalue weighted by Gasteiger charge is -2.30. The normalized spacial score (nSPS) is 16.3. The molecule has 0 bridgehead atoms. The summed E-state index contributed by atoms with van der Waals surface area (Å²) in [5.41, 5.74) is 4.46. The molecule has 134 valence electrons. The molecule has 2 aromatic rings. The van der Waals surface area contributed by atoms with Gasteiger partial charge in [0.05, 0.1) is 26.9 Å². The zero-order valence-corrected chi connectivity index (χ0v) is 15.9. The maximum absolute atomic E-state index is 6.39. The second-order valence-corrected chi connectivity index (χ2v) is 6.52. The van der Waals surface area contributed by atoms with Gasteiger partial charge < -0.3 is 19.5 Å². The molecular formula is C20H24ClNO3. The van der Waals surface area contributed by atoms with E-state index in [2.05, 4.69) is 17.4 Å². The van der Waals surface area contributed by atoms with Gasteiger partial charge in [0.2, 0.25) is 0 Å². The lowest BCUT2D eigenvalue weighted by molar-refractivity contribution is 0.309. The molecule has 0 fully saturated rings. The molecule has 1 N–H and O–H groups in total. The lowest BCUT2D eigenvalue weighted by Crippen LogP contribution is -2.31. The predicted octanol–water partition coefficient (Wildman–Crippen LogP) is 4.30. The summed E-state index contributed by atoms with van der Waals surface area (Å²) in [4.78, 5) is 0. The van der Waals surface area contributed by atoms with E-state index < -0.39 is 0 Å². The van der Waals surface area contributed by atoms with Crippen molar-refractivity contribution in [3.63, 3.8) is 0 Å². The summed E-state index contributed by atoms with van der Waals surface area (Å²) in [5, 5.41) is 4.32. The van der Waals surface area contributed by atoms with Gasteiger partial charge in [-0.3, -0.25) is 0 Å². The first-order valence-electron chi connectivity index (χ1n) is 8.50. The molecular weight excluding hydrogens is 338 g/mol. The Morgan fingerprint density at radius 3 is 2.48 bits per heavy atom. The molecule has 1 atom stereocenters. The predicted molar refractivity (Wildman–Crippen MR) is 100 cm³/mol. The molecule has 5 heteroatoms. The maximum atomic E-state index is 6.39. The van der Waals surface area contributed by atoms with Crippen molar-refractivity contribution in [1.82, 2.24) is 5.32 Å². The fourth-order valence-corrected chi connectivity index (χ4v) is 3.51. The third-order valence-electron chi connectivity index (χ3n) is 4.60. The molecule has 4 nitrogen and oxygen atoms in total. The van der Waals surface area contributed by atoms with Crippen LogP contribution in [-0.4, -0.2) is 27.4 Å². The molecule has 0 spiro atoms. The van der Waals surface area contributed by atoms with Gasteiger partial charge in [-0.15, -0.1) is 0 Å². The first-order valence-corrected chi connectivity index (χ1v) is 8.87. The first kappa shape index (κ1) is 17.9. The van der Waals surface area contributed by atoms with Crippen LogP contribution in [0.1, 0.15) is 35.2 Å². The van der Waals surface area contributed by atoms with E-state index >= 15 is 0 Å². The smallest absolute Gasteiger partial charge is 0.161 e. The summed E-state index contributed by atoms with van der Waals surface area (Å²) in [6.07, 6.45) is 0.941. The van der Waals surface area contributed by atoms with E-state index in [0.29, 0.717) is 6.61 Å². The fourth-order valence-electron chi connectivity index (χ4n) is 3.34. The standard InChI is InChI=1S/C20H24ClNO3/c1-5-25-19-11-14-13(9-18(19)24-4)6-7-22-20(14)15-10-16(21)12(2)8-17(15)23-3/h8-11,20,22H,5-7H2,1-4H3. The topological polar surface area (TPSA) is 39.7 Å². The molecule has 2 aromatic carbocycles. The van der Waals surface area contributed by atoms with Crippen molar-refractivity contribution in [2.45, 2.75) is 26.3 Å². The van der Waals surface area contributed by atoms with E-state index in [1.54, 1.807) is 14.2 Å². The van der Waals surface area contributed by atoms with Gasteiger partial charge in [0, 0.05) is 17.1 Å². The van der Waals surface area contributed by atoms with Crippen LogP contribution in [0.3, 0.4) is 0 Å². The maximum Gasteiger partial charge on any atom is 0.161 e. The number of aryl methyl sites for hydroxylation is 1. The molecule has 1 unspecified atom stereocenters. The van der Waals surface area contributed by atoms with Gasteiger partial charge >= 0.3 is 0 Å². The lowest BCUT2D eigenvalue weighted by atomic mass is 9.88. The number of fused-ring (bicyclic) bond motifs is 1. The average Bonchev–Trinajstić information content (AvgIpc) is 2.63. The Bertz CT molecular complexity index is 776. The Kier molecular flexibility index (Phi) is 5.40. The summed E-state index contributed by atoms with van der Waals surface area (Å²) in [6.45, 7) is 5.42. The zero-order chi connectivity index (χ0) is 18.0. The third-order valence-corrected chi connectivity index (χ3v) is 5.01. The number of methoxy groups -OCH3 is 2. The molecule has 25 heavy (non-hydrogen) atoms. The van der Waals surface area contributed by atoms with Gasteiger partial charge in [-0.1, -0.05) is 11.6 Å². The number of ether oxygens (including phenoxy) is 3. The fraction of sp³-hybridized carbons (Fsp3) is 0.400. The molecule has 0 aromatic heterocycles. The van der Waals surface area contributed by atoms with Crippen molar-refractivity contribution < 1.29 is 14.2 Å². The van der Waals surface area contributed by atoms with Crippen LogP contribution in [-0.2, 0) is 6.42 Å². The molecule has 0 radical (unpaired) electrons. The Morgan fingerprint density at radius 1 is 1.04 bits per heavy atom. The highest BCUT2D eigenvalue weighted by Gasteiger charge is 2.27. The van der Waals surface area contributed by atoms with Crippen molar-refractivity contribution in [3.8, 4) is 17.2 Å². The van der Waals surface area contributed by atoms with E-state index in [-0.39, 0.29) is 6.04 Å². The molecule has 3 rings (SSSR count). The second kappa shape index (κ2) is 7.54. The Morgan fingerprint density at radius 2 is 1.80 bits per heavy atom. The number of halogens is 1. The molecule has 1 aliphatic rings. The molecule has 0 aliphatic carbocycles. The van der Waals surface area contributed by atoms with Crippen molar-refractivity contribution >= 4 is 11.6 Å². The van der Waals surface area contributed by atoms with Crippen LogP contribution in [0.2, 0.25) is 5.02 Å². The summed E-state index contributed by atoms with van der Waals surface area (Å²) in [6, 6.07) is 8.13. The van der Waals surface area contributed by atoms with Crippen LogP contribution in [0.15, 0.2) is 24.3 Å². The van der Waals surface area contributed by atoms with Crippen LogP contribution >= 0.6 is 11.6 Å². The molecule has 1 heterocycles. The third kappa shape index (κ3) is 3.42. The summed E-state index contributed by atoms with van der Waals surface area (Å²) in [5.74, 6) is 2.37. The Labute approximate surface area is 154 Å². The van der Waals surface area contributed by atoms with Gasteiger partial charge in [-0.2, -0.15) is 0 Å². The minimum atomic E-state index is 0.00177. The monoisotopic (exact) mass is 361 g/mol. The molecule has 1 aliphatic heterocycles. The Balaban J connectivity index is 2.13. The molecule has 0 saturated heterocycles. The summed E-state index contributed by atoms with van der Waals surface area (Å²) in [7, 11) is 3.36. The van der Waals surface area contributed by atoms with Crippen molar-refractivity contribution in [1.29, 1.82) is 0 Å². The van der Waals surface area contributed by atoms with E-state index in [9.17, 15) is 0 Å². The minimum Gasteiger partial charge on any atom is -0.496 e. The largest absolute Gasteiger partial charge is 0.496 e. The van der Waals surface area contributed by atoms with E-state index in [4.69, 9.17) is 25.8 Å². The second-order valence-electron chi connectivity index (χ2n) is 6.12. The highest BCUT2D eigenvalue weighted by molar-refractivity contribution is 6.31. The van der Waals surface area contributed by atoms with Gasteiger partial charge in [-0.05, 0) is 61.2 Å². The number of hydrogen-bond acceptors (Lipinski definition) is 4. The van der Waals surface area contributed by atoms with Crippen LogP contribution in [0.4, 0.5) is 0 Å². The molecule has 0 saturated carbocycles. The van der Waals surface area contributed by atoms with Gasteiger partial charge in [0.1, 0.15) is 5.75 Å². The van der Waals surface area contributed by atoms with Crippen molar-refractivity contribution in [3.05, 3.63) is 51.5 Å². The number of benzene rings is 2. The van der Waals surface area contributed by atoms with Gasteiger partial charge in [0.25, 0.3) is 0 Å². The van der Waals surface area contributed by atoms with E-state index in [1.165, 1.54) is 11.1 Å². The highest BCUT2D eigenvalue weighted by Crippen LogP contribution is 2.41. The van der Waals surface area contributed by atoms with Crippen LogP contribution in [0, 0.1) is 6.92 Å². The first-order chi connectivity index (χ1) is 12.1. The highest BCUT2D eigenvalue weighted by atomic mass is 35.5. The van der Waals surface area contributed by atoms with Crippen molar-refractivity contribution in [2.75, 3.05) is 27.4 Å². The van der Waals surface area contributed by atoms with Crippen LogP contribution < -0.4 is 19.5 Å². The SMILES string of the molecule is CCOc1cc2c(cc1OC)CCNC2c1cc(Cl)c(C)cc1OC. The van der Waals surface area contributed by atoms with Crippen LogP contribution in [0.5, 0.6) is 17.2 Å². The van der Waals surface area contributed by atoms with Gasteiger partial charge in [0.15, 0.2) is 11.5 Å². The number of rotatable bonds is 5. The molecule has 0 amide bonds. The van der Waals surface area contributed by atoms with E-state index in [0.717, 1.165) is 46.4 Å². The zero-order valence-electron chi connectivity index (χ0n) is 15.1. The minimum absolute atomic E-state index is 0.00177. The number of hydrogen-bond donors (Lipinski definition) is 1. The quantitative estimate of drug-likeness (QED) is 0.861. The van der Waals surface area contributed by atoms with Crippen LogP contribution in [0.25, 0.3) is 0 Å². The van der Waals surface area contributed by atoms with E-state index in [1.807, 2.05) is 26.0 Å². The Hall–Kier alpha value is -1.91. The summed E-state index contributed by atoms with van der Waals surface area (Å²) < 4.78 is 16.9. The van der Waals surface area contributed by atoms with Gasteiger partial charge in [-0.25, -0.2) is 0 Å². The number of nitrogens with one attached hydrogen (secondary N) is 1.